The fourth-order valence-corrected chi connectivity index (χ4v) is 3.47. The van der Waals surface area contributed by atoms with Gasteiger partial charge in [0, 0.05) is 18.3 Å². The first kappa shape index (κ1) is 21.7. The van der Waals surface area contributed by atoms with Crippen LogP contribution in [-0.2, 0) is 18.0 Å². The first-order valence-electron chi connectivity index (χ1n) is 8.87. The van der Waals surface area contributed by atoms with Crippen molar-refractivity contribution >= 4 is 23.4 Å². The number of rotatable bonds is 6. The minimum absolute atomic E-state index is 0.0808. The van der Waals surface area contributed by atoms with Crippen molar-refractivity contribution in [3.8, 4) is 17.1 Å². The van der Waals surface area contributed by atoms with E-state index in [4.69, 9.17) is 4.74 Å². The highest BCUT2D eigenvalue weighted by molar-refractivity contribution is 8.00. The molecule has 0 spiro atoms. The Labute approximate surface area is 175 Å². The van der Waals surface area contributed by atoms with Crippen LogP contribution in [0.3, 0.4) is 0 Å². The summed E-state index contributed by atoms with van der Waals surface area (Å²) >= 11 is 1.16. The molecule has 1 heterocycles. The third kappa shape index (κ3) is 4.93. The Balaban J connectivity index is 1.71. The highest BCUT2D eigenvalue weighted by atomic mass is 32.2. The average Bonchev–Trinajstić information content (AvgIpc) is 3.07. The normalized spacial score (nSPS) is 12.5. The van der Waals surface area contributed by atoms with E-state index >= 15 is 0 Å². The summed E-state index contributed by atoms with van der Waals surface area (Å²) in [6.45, 7) is 1.65. The SMILES string of the molecule is COc1cccc(-c2nnc(S[C@@H](C)C(=O)Nc3cccc(C(F)(F)F)c3)n2C)c1. The number of carbonyl (C=O) groups is 1. The number of thioether (sulfide) groups is 1. The Morgan fingerprint density at radius 3 is 2.60 bits per heavy atom. The first-order valence-corrected chi connectivity index (χ1v) is 9.75. The van der Waals surface area contributed by atoms with Gasteiger partial charge in [-0.15, -0.1) is 10.2 Å². The number of ether oxygens (including phenoxy) is 1. The average molecular weight is 436 g/mol. The Bertz CT molecular complexity index is 1050. The number of methoxy groups -OCH3 is 1. The molecular weight excluding hydrogens is 417 g/mol. The largest absolute Gasteiger partial charge is 0.497 e. The number of hydrogen-bond donors (Lipinski definition) is 1. The van der Waals surface area contributed by atoms with Gasteiger partial charge in [0.1, 0.15) is 5.75 Å². The summed E-state index contributed by atoms with van der Waals surface area (Å²) in [5.41, 5.74) is 0.0615. The van der Waals surface area contributed by atoms with E-state index in [2.05, 4.69) is 15.5 Å². The van der Waals surface area contributed by atoms with Gasteiger partial charge in [-0.05, 0) is 37.3 Å². The van der Waals surface area contributed by atoms with Gasteiger partial charge in [-0.25, -0.2) is 0 Å². The second kappa shape index (κ2) is 8.78. The van der Waals surface area contributed by atoms with Crippen LogP contribution in [0.1, 0.15) is 12.5 Å². The van der Waals surface area contributed by atoms with Gasteiger partial charge in [-0.2, -0.15) is 13.2 Å². The number of hydrogen-bond acceptors (Lipinski definition) is 5. The van der Waals surface area contributed by atoms with Crippen molar-refractivity contribution < 1.29 is 22.7 Å². The summed E-state index contributed by atoms with van der Waals surface area (Å²) < 4.78 is 45.5. The molecule has 3 rings (SSSR count). The maximum atomic E-state index is 12.8. The van der Waals surface area contributed by atoms with Crippen molar-refractivity contribution in [2.75, 3.05) is 12.4 Å². The van der Waals surface area contributed by atoms with E-state index in [-0.39, 0.29) is 5.69 Å². The molecule has 3 aromatic rings. The highest BCUT2D eigenvalue weighted by Crippen LogP contribution is 2.31. The number of carbonyl (C=O) groups excluding carboxylic acids is 1. The zero-order valence-electron chi connectivity index (χ0n) is 16.4. The molecule has 2 aromatic carbocycles. The van der Waals surface area contributed by atoms with Crippen molar-refractivity contribution in [1.29, 1.82) is 0 Å². The van der Waals surface area contributed by atoms with Gasteiger partial charge < -0.3 is 14.6 Å². The van der Waals surface area contributed by atoms with Crippen molar-refractivity contribution in [3.63, 3.8) is 0 Å². The third-order valence-corrected chi connectivity index (χ3v) is 5.41. The lowest BCUT2D eigenvalue weighted by molar-refractivity contribution is -0.137. The molecule has 158 valence electrons. The number of halogens is 3. The first-order chi connectivity index (χ1) is 14.2. The summed E-state index contributed by atoms with van der Waals surface area (Å²) in [5.74, 6) is 0.839. The lowest BCUT2D eigenvalue weighted by Gasteiger charge is -2.13. The van der Waals surface area contributed by atoms with Crippen LogP contribution >= 0.6 is 11.8 Å². The predicted octanol–water partition coefficient (Wildman–Crippen LogP) is 4.63. The third-order valence-electron chi connectivity index (χ3n) is 4.27. The minimum atomic E-state index is -4.48. The van der Waals surface area contributed by atoms with E-state index in [1.54, 1.807) is 25.6 Å². The smallest absolute Gasteiger partial charge is 0.416 e. The maximum absolute atomic E-state index is 12.8. The van der Waals surface area contributed by atoms with Gasteiger partial charge in [0.15, 0.2) is 11.0 Å². The summed E-state index contributed by atoms with van der Waals surface area (Å²) in [5, 5.41) is 10.7. The monoisotopic (exact) mass is 436 g/mol. The van der Waals surface area contributed by atoms with Gasteiger partial charge in [0.05, 0.1) is 17.9 Å². The number of nitrogens with one attached hydrogen (secondary N) is 1. The molecule has 0 saturated heterocycles. The van der Waals surface area contributed by atoms with Crippen LogP contribution in [-0.4, -0.2) is 33.0 Å². The molecule has 0 aliphatic carbocycles. The highest BCUT2D eigenvalue weighted by Gasteiger charge is 2.30. The molecule has 0 aliphatic rings. The molecule has 0 saturated carbocycles. The lowest BCUT2D eigenvalue weighted by Crippen LogP contribution is -2.23. The summed E-state index contributed by atoms with van der Waals surface area (Å²) in [6.07, 6.45) is -4.48. The fourth-order valence-electron chi connectivity index (χ4n) is 2.66. The Morgan fingerprint density at radius 2 is 1.90 bits per heavy atom. The standard InChI is InChI=1S/C20H19F3N4O2S/c1-12(18(28)24-15-8-5-7-14(11-15)20(21,22)23)30-19-26-25-17(27(19)2)13-6-4-9-16(10-13)29-3/h4-12H,1-3H3,(H,24,28)/t12-/m0/s1. The molecular formula is C20H19F3N4O2S. The zero-order chi connectivity index (χ0) is 21.9. The zero-order valence-corrected chi connectivity index (χ0v) is 17.2. The van der Waals surface area contributed by atoms with E-state index in [9.17, 15) is 18.0 Å². The topological polar surface area (TPSA) is 69.0 Å². The molecule has 1 amide bonds. The summed E-state index contributed by atoms with van der Waals surface area (Å²) in [7, 11) is 3.34. The van der Waals surface area contributed by atoms with Crippen LogP contribution in [0.5, 0.6) is 5.75 Å². The van der Waals surface area contributed by atoms with E-state index in [0.717, 1.165) is 29.5 Å². The molecule has 0 fully saturated rings. The van der Waals surface area contributed by atoms with E-state index in [1.807, 2.05) is 24.3 Å². The Kier molecular flexibility index (Phi) is 6.35. The van der Waals surface area contributed by atoms with Crippen LogP contribution < -0.4 is 10.1 Å². The quantitative estimate of drug-likeness (QED) is 0.571. The molecule has 0 radical (unpaired) electrons. The number of alkyl halides is 3. The van der Waals surface area contributed by atoms with E-state index < -0.39 is 22.9 Å². The summed E-state index contributed by atoms with van der Waals surface area (Å²) in [6, 6.07) is 11.8. The molecule has 1 atom stereocenters. The van der Waals surface area contributed by atoms with Crippen molar-refractivity contribution in [1.82, 2.24) is 14.8 Å². The van der Waals surface area contributed by atoms with Crippen LogP contribution in [0.4, 0.5) is 18.9 Å². The maximum Gasteiger partial charge on any atom is 0.416 e. The van der Waals surface area contributed by atoms with Crippen molar-refractivity contribution in [3.05, 3.63) is 54.1 Å². The van der Waals surface area contributed by atoms with Crippen LogP contribution in [0.15, 0.2) is 53.7 Å². The number of aromatic nitrogens is 3. The molecule has 0 aliphatic heterocycles. The molecule has 1 N–H and O–H groups in total. The number of amides is 1. The van der Waals surface area contributed by atoms with Crippen LogP contribution in [0, 0.1) is 0 Å². The second-order valence-electron chi connectivity index (χ2n) is 6.43. The van der Waals surface area contributed by atoms with Gasteiger partial charge >= 0.3 is 6.18 Å². The molecule has 0 unspecified atom stereocenters. The Hall–Kier alpha value is -3.01. The molecule has 10 heteroatoms. The van der Waals surface area contributed by atoms with Crippen molar-refractivity contribution in [2.45, 2.75) is 23.5 Å². The minimum Gasteiger partial charge on any atom is -0.497 e. The van der Waals surface area contributed by atoms with Gasteiger partial charge in [0.2, 0.25) is 5.91 Å². The van der Waals surface area contributed by atoms with Crippen molar-refractivity contribution in [2.24, 2.45) is 7.05 Å². The lowest BCUT2D eigenvalue weighted by atomic mass is 10.2. The van der Waals surface area contributed by atoms with Crippen LogP contribution in [0.2, 0.25) is 0 Å². The van der Waals surface area contributed by atoms with E-state index in [1.165, 1.54) is 12.1 Å². The van der Waals surface area contributed by atoms with Gasteiger partial charge in [0.25, 0.3) is 0 Å². The Morgan fingerprint density at radius 1 is 1.17 bits per heavy atom. The molecule has 30 heavy (non-hydrogen) atoms. The number of nitrogens with zero attached hydrogens (tertiary/aromatic N) is 3. The molecule has 6 nitrogen and oxygen atoms in total. The van der Waals surface area contributed by atoms with Gasteiger partial charge in [-0.3, -0.25) is 4.79 Å². The second-order valence-corrected chi connectivity index (χ2v) is 7.73. The molecule has 1 aromatic heterocycles. The fraction of sp³-hybridized carbons (Fsp3) is 0.250. The number of anilines is 1. The number of benzene rings is 2. The summed E-state index contributed by atoms with van der Waals surface area (Å²) in [4.78, 5) is 12.5. The predicted molar refractivity (Wildman–Crippen MR) is 108 cm³/mol. The van der Waals surface area contributed by atoms with Gasteiger partial charge in [-0.1, -0.05) is 30.0 Å². The van der Waals surface area contributed by atoms with Crippen LogP contribution in [0.25, 0.3) is 11.4 Å². The van der Waals surface area contributed by atoms with E-state index in [0.29, 0.717) is 16.7 Å². The molecule has 0 bridgehead atoms.